The number of amides is 1. The number of aryl methyl sites for hydroxylation is 1. The fraction of sp³-hybridized carbons (Fsp3) is 0.310. The molecule has 1 amide bonds. The van der Waals surface area contributed by atoms with Crippen LogP contribution in [0.25, 0.3) is 11.0 Å². The molecule has 6 heteroatoms. The Labute approximate surface area is 214 Å². The van der Waals surface area contributed by atoms with E-state index in [0.29, 0.717) is 25.5 Å². The monoisotopic (exact) mass is 531 g/mol. The van der Waals surface area contributed by atoms with Crippen molar-refractivity contribution < 1.29 is 9.53 Å². The van der Waals surface area contributed by atoms with Crippen molar-refractivity contribution in [2.24, 2.45) is 0 Å². The average Bonchev–Trinajstić information content (AvgIpc) is 3.43. The molecule has 1 aromatic heterocycles. The molecule has 1 aliphatic heterocycles. The number of aromatic nitrogens is 2. The van der Waals surface area contributed by atoms with Gasteiger partial charge in [-0.25, -0.2) is 4.98 Å². The van der Waals surface area contributed by atoms with E-state index in [4.69, 9.17) is 9.72 Å². The summed E-state index contributed by atoms with van der Waals surface area (Å²) in [6.45, 7) is 6.45. The molecule has 1 saturated heterocycles. The van der Waals surface area contributed by atoms with Crippen LogP contribution in [0.5, 0.6) is 5.75 Å². The third-order valence-electron chi connectivity index (χ3n) is 6.65. The predicted octanol–water partition coefficient (Wildman–Crippen LogP) is 6.91. The molecule has 1 atom stereocenters. The second kappa shape index (κ2) is 10.2. The highest BCUT2D eigenvalue weighted by molar-refractivity contribution is 9.10. The molecule has 0 radical (unpaired) electrons. The summed E-state index contributed by atoms with van der Waals surface area (Å²) in [7, 11) is 0. The Morgan fingerprint density at radius 1 is 1.03 bits per heavy atom. The Bertz CT molecular complexity index is 1310. The summed E-state index contributed by atoms with van der Waals surface area (Å²) in [6.07, 6.45) is 1.33. The van der Waals surface area contributed by atoms with Gasteiger partial charge in [0.2, 0.25) is 5.91 Å². The molecular formula is C29H30BrN3O2. The molecule has 1 fully saturated rings. The molecule has 35 heavy (non-hydrogen) atoms. The summed E-state index contributed by atoms with van der Waals surface area (Å²) in [4.78, 5) is 19.8. The van der Waals surface area contributed by atoms with Crippen molar-refractivity contribution in [2.75, 3.05) is 18.1 Å². The summed E-state index contributed by atoms with van der Waals surface area (Å²) >= 11 is 3.47. The maximum atomic E-state index is 12.9. The minimum Gasteiger partial charge on any atom is -0.494 e. The lowest BCUT2D eigenvalue weighted by Crippen LogP contribution is -2.24. The number of imidazole rings is 1. The maximum Gasteiger partial charge on any atom is 0.227 e. The molecule has 0 saturated carbocycles. The minimum atomic E-state index is 0.0584. The van der Waals surface area contributed by atoms with Crippen LogP contribution in [0, 0.1) is 0 Å². The number of anilines is 1. The minimum absolute atomic E-state index is 0.0584. The number of hydrogen-bond donors (Lipinski definition) is 0. The van der Waals surface area contributed by atoms with Gasteiger partial charge in [-0.05, 0) is 66.4 Å². The van der Waals surface area contributed by atoms with E-state index >= 15 is 0 Å². The number of para-hydroxylation sites is 2. The van der Waals surface area contributed by atoms with Gasteiger partial charge in [0, 0.05) is 35.6 Å². The number of ether oxygens (including phenoxy) is 1. The Kier molecular flexibility index (Phi) is 6.91. The number of hydrogen-bond acceptors (Lipinski definition) is 3. The summed E-state index contributed by atoms with van der Waals surface area (Å²) in [5, 5.41) is 0. The van der Waals surface area contributed by atoms with E-state index in [1.165, 1.54) is 5.56 Å². The molecule has 180 valence electrons. The largest absolute Gasteiger partial charge is 0.494 e. The summed E-state index contributed by atoms with van der Waals surface area (Å²) in [6, 6.07) is 24.5. The number of benzene rings is 3. The normalized spacial score (nSPS) is 15.9. The number of rotatable bonds is 8. The first-order chi connectivity index (χ1) is 17.0. The first kappa shape index (κ1) is 23.6. The summed E-state index contributed by atoms with van der Waals surface area (Å²) < 4.78 is 9.30. The van der Waals surface area contributed by atoms with Crippen molar-refractivity contribution in [3.63, 3.8) is 0 Å². The Hall–Kier alpha value is -3.12. The second-order valence-corrected chi connectivity index (χ2v) is 10.3. The maximum absolute atomic E-state index is 12.9. The van der Waals surface area contributed by atoms with Gasteiger partial charge in [0.1, 0.15) is 11.6 Å². The molecule has 4 aromatic rings. The fourth-order valence-corrected chi connectivity index (χ4v) is 5.02. The van der Waals surface area contributed by atoms with Crippen LogP contribution < -0.4 is 9.64 Å². The lowest BCUT2D eigenvalue weighted by Gasteiger charge is -2.17. The molecule has 0 aliphatic carbocycles. The molecule has 5 nitrogen and oxygen atoms in total. The molecule has 0 N–H and O–H groups in total. The van der Waals surface area contributed by atoms with Crippen LogP contribution in [-0.4, -0.2) is 28.6 Å². The van der Waals surface area contributed by atoms with E-state index in [-0.39, 0.29) is 11.8 Å². The van der Waals surface area contributed by atoms with Crippen LogP contribution >= 0.6 is 15.9 Å². The zero-order valence-electron chi connectivity index (χ0n) is 20.2. The third-order valence-corrected chi connectivity index (χ3v) is 7.18. The first-order valence-electron chi connectivity index (χ1n) is 12.2. The molecule has 1 unspecified atom stereocenters. The molecule has 0 bridgehead atoms. The van der Waals surface area contributed by atoms with Crippen LogP contribution in [-0.2, 0) is 11.3 Å². The van der Waals surface area contributed by atoms with E-state index in [9.17, 15) is 4.79 Å². The smallest absolute Gasteiger partial charge is 0.227 e. The molecule has 5 rings (SSSR count). The lowest BCUT2D eigenvalue weighted by molar-refractivity contribution is -0.117. The van der Waals surface area contributed by atoms with E-state index in [0.717, 1.165) is 45.7 Å². The van der Waals surface area contributed by atoms with Gasteiger partial charge in [0.25, 0.3) is 0 Å². The SMILES string of the molecule is CC(C)c1ccc(OCCCn2c(C3CC(=O)N(c4ccc(Br)cc4)C3)nc3ccccc32)cc1. The van der Waals surface area contributed by atoms with Gasteiger partial charge >= 0.3 is 0 Å². The highest BCUT2D eigenvalue weighted by atomic mass is 79.9. The number of fused-ring (bicyclic) bond motifs is 1. The van der Waals surface area contributed by atoms with E-state index in [1.807, 2.05) is 59.5 Å². The van der Waals surface area contributed by atoms with E-state index in [2.05, 4.69) is 52.5 Å². The predicted molar refractivity (Wildman–Crippen MR) is 144 cm³/mol. The summed E-state index contributed by atoms with van der Waals surface area (Å²) in [5.74, 6) is 2.60. The number of carbonyl (C=O) groups is 1. The summed E-state index contributed by atoms with van der Waals surface area (Å²) in [5.41, 5.74) is 4.33. The van der Waals surface area contributed by atoms with Crippen LogP contribution in [0.2, 0.25) is 0 Å². The van der Waals surface area contributed by atoms with Gasteiger partial charge in [0.05, 0.1) is 17.6 Å². The number of carbonyl (C=O) groups excluding carboxylic acids is 1. The first-order valence-corrected chi connectivity index (χ1v) is 13.0. The number of nitrogens with zero attached hydrogens (tertiary/aromatic N) is 3. The van der Waals surface area contributed by atoms with Gasteiger partial charge < -0.3 is 14.2 Å². The third kappa shape index (κ3) is 5.13. The number of halogens is 1. The second-order valence-electron chi connectivity index (χ2n) is 9.42. The van der Waals surface area contributed by atoms with E-state index in [1.54, 1.807) is 0 Å². The zero-order valence-corrected chi connectivity index (χ0v) is 21.7. The van der Waals surface area contributed by atoms with Gasteiger partial charge in [-0.15, -0.1) is 0 Å². The van der Waals surface area contributed by atoms with Crippen molar-refractivity contribution in [3.05, 3.63) is 88.7 Å². The van der Waals surface area contributed by atoms with Crippen LogP contribution in [0.1, 0.15) is 49.9 Å². The highest BCUT2D eigenvalue weighted by Gasteiger charge is 2.34. The quantitative estimate of drug-likeness (QED) is 0.232. The van der Waals surface area contributed by atoms with Crippen molar-refractivity contribution in [2.45, 2.75) is 45.1 Å². The van der Waals surface area contributed by atoms with Gasteiger partial charge in [-0.1, -0.05) is 54.0 Å². The van der Waals surface area contributed by atoms with Gasteiger partial charge in [-0.3, -0.25) is 4.79 Å². The molecule has 0 spiro atoms. The Morgan fingerprint density at radius 3 is 2.51 bits per heavy atom. The average molecular weight is 532 g/mol. The van der Waals surface area contributed by atoms with Crippen LogP contribution in [0.15, 0.2) is 77.3 Å². The van der Waals surface area contributed by atoms with Crippen LogP contribution in [0.4, 0.5) is 5.69 Å². The van der Waals surface area contributed by atoms with E-state index < -0.39 is 0 Å². The molecular weight excluding hydrogens is 502 g/mol. The Morgan fingerprint density at radius 2 is 1.77 bits per heavy atom. The topological polar surface area (TPSA) is 47.4 Å². The lowest BCUT2D eigenvalue weighted by atomic mass is 10.0. The van der Waals surface area contributed by atoms with Crippen molar-refractivity contribution in [1.82, 2.24) is 9.55 Å². The van der Waals surface area contributed by atoms with Crippen molar-refractivity contribution in [3.8, 4) is 5.75 Å². The van der Waals surface area contributed by atoms with Crippen molar-refractivity contribution >= 4 is 38.6 Å². The van der Waals surface area contributed by atoms with Crippen LogP contribution in [0.3, 0.4) is 0 Å². The van der Waals surface area contributed by atoms with Crippen molar-refractivity contribution in [1.29, 1.82) is 0 Å². The molecule has 3 aromatic carbocycles. The Balaban J connectivity index is 1.30. The van der Waals surface area contributed by atoms with Gasteiger partial charge in [-0.2, -0.15) is 0 Å². The van der Waals surface area contributed by atoms with Gasteiger partial charge in [0.15, 0.2) is 0 Å². The highest BCUT2D eigenvalue weighted by Crippen LogP contribution is 2.33. The molecule has 1 aliphatic rings. The standard InChI is InChI=1S/C29H30BrN3O2/c1-20(2)21-8-14-25(15-9-21)35-17-5-16-32-27-7-4-3-6-26(27)31-29(32)22-18-28(34)33(19-22)24-12-10-23(30)11-13-24/h3-4,6-15,20,22H,5,16-19H2,1-2H3. The molecule has 2 heterocycles. The fourth-order valence-electron chi connectivity index (χ4n) is 4.75. The zero-order chi connectivity index (χ0) is 24.4.